The molecule has 0 unspecified atom stereocenters. The summed E-state index contributed by atoms with van der Waals surface area (Å²) in [5.74, 6) is -0.888. The number of aryl methyl sites for hydroxylation is 1. The third-order valence-electron chi connectivity index (χ3n) is 4.88. The molecule has 2 N–H and O–H groups in total. The minimum Gasteiger partial charge on any atom is -0.493 e. The van der Waals surface area contributed by atoms with Crippen molar-refractivity contribution in [1.29, 1.82) is 0 Å². The summed E-state index contributed by atoms with van der Waals surface area (Å²) in [7, 11) is -1.65. The number of sulfonamides is 1. The number of anilines is 2. The number of oxazole rings is 1. The highest BCUT2D eigenvalue weighted by Gasteiger charge is 2.25. The van der Waals surface area contributed by atoms with Gasteiger partial charge in [-0.1, -0.05) is 12.1 Å². The van der Waals surface area contributed by atoms with E-state index >= 15 is 0 Å². The number of fused-ring (bicyclic) bond motifs is 1. The number of rotatable bonds is 7. The molecule has 1 amide bonds. The summed E-state index contributed by atoms with van der Waals surface area (Å²) in [4.78, 5) is 17.0. The van der Waals surface area contributed by atoms with Crippen molar-refractivity contribution in [3.05, 3.63) is 71.9 Å². The molecule has 0 atom stereocenters. The van der Waals surface area contributed by atoms with E-state index in [1.54, 1.807) is 25.1 Å². The number of methoxy groups -OCH3 is 2. The summed E-state index contributed by atoms with van der Waals surface area (Å²) in [6.07, 6.45) is 0. The SMILES string of the molecule is COc1cc(S(=O)(=O)Nc2ccccc2F)cc(C(=O)Nc2ccc3oc(C)nc3c2)c1OC. The van der Waals surface area contributed by atoms with Crippen LogP contribution < -0.4 is 19.5 Å². The first-order valence-electron chi connectivity index (χ1n) is 9.93. The van der Waals surface area contributed by atoms with E-state index < -0.39 is 21.7 Å². The smallest absolute Gasteiger partial charge is 0.262 e. The number of aromatic nitrogens is 1. The van der Waals surface area contributed by atoms with Gasteiger partial charge in [0, 0.05) is 18.7 Å². The van der Waals surface area contributed by atoms with Crippen molar-refractivity contribution >= 4 is 38.4 Å². The molecule has 4 rings (SSSR count). The molecule has 176 valence electrons. The standard InChI is InChI=1S/C23H20FN3O6S/c1-13-25-19-10-14(8-9-20(19)33-13)26-23(28)16-11-15(12-21(31-2)22(16)32-3)34(29,30)27-18-7-5-4-6-17(18)24/h4-12,27H,1-3H3,(H,26,28). The van der Waals surface area contributed by atoms with E-state index in [0.29, 0.717) is 22.7 Å². The minimum absolute atomic E-state index is 0.00615. The third-order valence-corrected chi connectivity index (χ3v) is 6.22. The summed E-state index contributed by atoms with van der Waals surface area (Å²) < 4.78 is 58.2. The zero-order valence-corrected chi connectivity index (χ0v) is 19.2. The molecule has 0 bridgehead atoms. The van der Waals surface area contributed by atoms with Gasteiger partial charge in [-0.05, 0) is 36.4 Å². The molecule has 4 aromatic rings. The van der Waals surface area contributed by atoms with Crippen LogP contribution in [0, 0.1) is 12.7 Å². The largest absolute Gasteiger partial charge is 0.493 e. The van der Waals surface area contributed by atoms with Crippen molar-refractivity contribution in [2.45, 2.75) is 11.8 Å². The van der Waals surface area contributed by atoms with Crippen LogP contribution in [-0.4, -0.2) is 33.5 Å². The normalized spacial score (nSPS) is 11.3. The van der Waals surface area contributed by atoms with E-state index in [1.807, 2.05) is 0 Å². The number of para-hydroxylation sites is 1. The number of carbonyl (C=O) groups is 1. The van der Waals surface area contributed by atoms with Gasteiger partial charge >= 0.3 is 0 Å². The second-order valence-electron chi connectivity index (χ2n) is 7.16. The van der Waals surface area contributed by atoms with Crippen LogP contribution in [0.25, 0.3) is 11.1 Å². The molecule has 0 saturated heterocycles. The van der Waals surface area contributed by atoms with E-state index in [1.165, 1.54) is 38.5 Å². The van der Waals surface area contributed by atoms with E-state index in [0.717, 1.165) is 12.1 Å². The lowest BCUT2D eigenvalue weighted by Gasteiger charge is -2.16. The van der Waals surface area contributed by atoms with Crippen LogP contribution in [0.3, 0.4) is 0 Å². The molecule has 9 nitrogen and oxygen atoms in total. The summed E-state index contributed by atoms with van der Waals surface area (Å²) in [6, 6.07) is 12.5. The number of halogens is 1. The zero-order chi connectivity index (χ0) is 24.5. The number of hydrogen-bond donors (Lipinski definition) is 2. The number of ether oxygens (including phenoxy) is 2. The van der Waals surface area contributed by atoms with E-state index in [9.17, 15) is 17.6 Å². The van der Waals surface area contributed by atoms with Crippen molar-refractivity contribution in [1.82, 2.24) is 4.98 Å². The Morgan fingerprint density at radius 3 is 2.53 bits per heavy atom. The van der Waals surface area contributed by atoms with Crippen molar-refractivity contribution in [3.8, 4) is 11.5 Å². The highest BCUT2D eigenvalue weighted by Crippen LogP contribution is 2.35. The van der Waals surface area contributed by atoms with Crippen LogP contribution in [0.15, 0.2) is 63.9 Å². The number of benzene rings is 3. The van der Waals surface area contributed by atoms with Gasteiger partial charge in [-0.15, -0.1) is 0 Å². The van der Waals surface area contributed by atoms with Crippen molar-refractivity contribution in [2.75, 3.05) is 24.3 Å². The van der Waals surface area contributed by atoms with Gasteiger partial charge < -0.3 is 19.2 Å². The van der Waals surface area contributed by atoms with Gasteiger partial charge in [0.25, 0.3) is 15.9 Å². The second kappa shape index (κ2) is 9.02. The lowest BCUT2D eigenvalue weighted by atomic mass is 10.1. The Labute approximate surface area is 194 Å². The molecule has 1 aromatic heterocycles. The molecule has 34 heavy (non-hydrogen) atoms. The number of amides is 1. The summed E-state index contributed by atoms with van der Waals surface area (Å²) in [6.45, 7) is 1.71. The fourth-order valence-corrected chi connectivity index (χ4v) is 4.44. The first-order valence-corrected chi connectivity index (χ1v) is 11.4. The molecule has 0 radical (unpaired) electrons. The molecule has 0 aliphatic rings. The Balaban J connectivity index is 1.72. The summed E-state index contributed by atoms with van der Waals surface area (Å²) in [5.41, 5.74) is 1.17. The first kappa shape index (κ1) is 23.1. The molecule has 0 aliphatic carbocycles. The van der Waals surface area contributed by atoms with E-state index in [2.05, 4.69) is 15.0 Å². The molecule has 0 aliphatic heterocycles. The summed E-state index contributed by atoms with van der Waals surface area (Å²) >= 11 is 0. The van der Waals surface area contributed by atoms with Gasteiger partial charge in [-0.25, -0.2) is 17.8 Å². The van der Waals surface area contributed by atoms with Crippen LogP contribution >= 0.6 is 0 Å². The van der Waals surface area contributed by atoms with E-state index in [4.69, 9.17) is 13.9 Å². The van der Waals surface area contributed by atoms with Crippen LogP contribution in [0.2, 0.25) is 0 Å². The van der Waals surface area contributed by atoms with Crippen molar-refractivity contribution in [2.24, 2.45) is 0 Å². The molecule has 0 saturated carbocycles. The quantitative estimate of drug-likeness (QED) is 0.399. The maximum atomic E-state index is 14.0. The lowest BCUT2D eigenvalue weighted by Crippen LogP contribution is -2.18. The zero-order valence-electron chi connectivity index (χ0n) is 18.4. The average molecular weight is 485 g/mol. The Bertz CT molecular complexity index is 1500. The minimum atomic E-state index is -4.28. The summed E-state index contributed by atoms with van der Waals surface area (Å²) in [5, 5.41) is 2.69. The number of hydrogen-bond acceptors (Lipinski definition) is 7. The Morgan fingerprint density at radius 1 is 1.06 bits per heavy atom. The van der Waals surface area contributed by atoms with Gasteiger partial charge in [-0.3, -0.25) is 9.52 Å². The van der Waals surface area contributed by atoms with Gasteiger partial charge in [-0.2, -0.15) is 0 Å². The Hall–Kier alpha value is -4.12. The molecule has 11 heteroatoms. The second-order valence-corrected chi connectivity index (χ2v) is 8.84. The topological polar surface area (TPSA) is 120 Å². The molecular formula is C23H20FN3O6S. The molecular weight excluding hydrogens is 465 g/mol. The monoisotopic (exact) mass is 485 g/mol. The van der Waals surface area contributed by atoms with Crippen LogP contribution in [0.4, 0.5) is 15.8 Å². The third kappa shape index (κ3) is 4.50. The van der Waals surface area contributed by atoms with Crippen molar-refractivity contribution in [3.63, 3.8) is 0 Å². The van der Waals surface area contributed by atoms with E-state index in [-0.39, 0.29) is 27.6 Å². The highest BCUT2D eigenvalue weighted by atomic mass is 32.2. The predicted molar refractivity (Wildman–Crippen MR) is 123 cm³/mol. The number of carbonyl (C=O) groups excluding carboxylic acids is 1. The van der Waals surface area contributed by atoms with Crippen LogP contribution in [-0.2, 0) is 10.0 Å². The van der Waals surface area contributed by atoms with Crippen molar-refractivity contribution < 1.29 is 31.5 Å². The number of nitrogens with zero attached hydrogens (tertiary/aromatic N) is 1. The van der Waals surface area contributed by atoms with Crippen LogP contribution in [0.1, 0.15) is 16.2 Å². The van der Waals surface area contributed by atoms with Crippen LogP contribution in [0.5, 0.6) is 11.5 Å². The predicted octanol–water partition coefficient (Wildman–Crippen LogP) is 4.35. The maximum Gasteiger partial charge on any atom is 0.262 e. The highest BCUT2D eigenvalue weighted by molar-refractivity contribution is 7.92. The molecule has 0 fully saturated rings. The van der Waals surface area contributed by atoms with Gasteiger partial charge in [0.2, 0.25) is 0 Å². The fraction of sp³-hybridized carbons (Fsp3) is 0.130. The fourth-order valence-electron chi connectivity index (χ4n) is 3.33. The number of nitrogens with one attached hydrogen (secondary N) is 2. The maximum absolute atomic E-state index is 14.0. The van der Waals surface area contributed by atoms with Gasteiger partial charge in [0.1, 0.15) is 11.3 Å². The molecule has 3 aromatic carbocycles. The van der Waals surface area contributed by atoms with Gasteiger partial charge in [0.15, 0.2) is 23.0 Å². The Kier molecular flexibility index (Phi) is 6.12. The van der Waals surface area contributed by atoms with Gasteiger partial charge in [0.05, 0.1) is 30.4 Å². The first-order chi connectivity index (χ1) is 16.2. The Morgan fingerprint density at radius 2 is 1.82 bits per heavy atom. The molecule has 0 spiro atoms. The molecule has 1 heterocycles. The lowest BCUT2D eigenvalue weighted by molar-refractivity contribution is 0.102. The average Bonchev–Trinajstić information content (AvgIpc) is 3.18.